The Bertz CT molecular complexity index is 1030. The first-order valence-corrected chi connectivity index (χ1v) is 9.50. The van der Waals surface area contributed by atoms with Gasteiger partial charge < -0.3 is 4.90 Å². The third-order valence-corrected chi connectivity index (χ3v) is 5.31. The fourth-order valence-corrected chi connectivity index (χ4v) is 3.79. The number of amides is 1. The van der Waals surface area contributed by atoms with E-state index in [0.717, 1.165) is 31.4 Å². The zero-order valence-electron chi connectivity index (χ0n) is 15.5. The molecule has 0 bridgehead atoms. The van der Waals surface area contributed by atoms with E-state index in [4.69, 9.17) is 0 Å². The van der Waals surface area contributed by atoms with E-state index in [1.54, 1.807) is 6.07 Å². The van der Waals surface area contributed by atoms with Crippen molar-refractivity contribution in [2.75, 3.05) is 6.54 Å². The van der Waals surface area contributed by atoms with Crippen molar-refractivity contribution in [2.24, 2.45) is 0 Å². The van der Waals surface area contributed by atoms with Gasteiger partial charge in [0.1, 0.15) is 0 Å². The highest BCUT2D eigenvalue weighted by atomic mass is 16.2. The number of rotatable bonds is 3. The van der Waals surface area contributed by atoms with Crippen LogP contribution in [-0.4, -0.2) is 33.2 Å². The summed E-state index contributed by atoms with van der Waals surface area (Å²) < 4.78 is 1.42. The van der Waals surface area contributed by atoms with Crippen molar-refractivity contribution < 1.29 is 4.79 Å². The Balaban J connectivity index is 1.83. The number of nitrogens with zero attached hydrogens (tertiary/aromatic N) is 3. The van der Waals surface area contributed by atoms with Gasteiger partial charge in [-0.1, -0.05) is 48.5 Å². The van der Waals surface area contributed by atoms with E-state index in [9.17, 15) is 9.59 Å². The predicted octanol–water partition coefficient (Wildman–Crippen LogP) is 3.46. The van der Waals surface area contributed by atoms with Crippen LogP contribution in [0.15, 0.2) is 59.4 Å². The molecule has 0 spiro atoms. The van der Waals surface area contributed by atoms with Gasteiger partial charge in [-0.05, 0) is 37.8 Å². The van der Waals surface area contributed by atoms with Crippen molar-refractivity contribution in [1.82, 2.24) is 14.7 Å². The summed E-state index contributed by atoms with van der Waals surface area (Å²) in [5, 5.41) is 5.69. The summed E-state index contributed by atoms with van der Waals surface area (Å²) in [6.07, 6.45) is 3.16. The molecule has 2 heterocycles. The second-order valence-electron chi connectivity index (χ2n) is 7.19. The number of carbonyl (C=O) groups excluding carboxylic acids is 1. The van der Waals surface area contributed by atoms with E-state index in [-0.39, 0.29) is 17.5 Å². The number of likely N-dealkylation sites (tertiary alicyclic amines) is 1. The lowest BCUT2D eigenvalue weighted by molar-refractivity contribution is 0.0629. The maximum absolute atomic E-state index is 13.3. The standard InChI is InChI=1S/C22H23N3O2/c1-16-9-7-8-14-24(16)22(27)20-18-12-5-6-13-19(18)21(26)25(23-20)15-17-10-3-2-4-11-17/h2-6,10-13,16H,7-9,14-15H2,1H3/t16-/m0/s1. The molecule has 2 aromatic carbocycles. The minimum atomic E-state index is -0.169. The van der Waals surface area contributed by atoms with E-state index in [1.165, 1.54) is 4.68 Å². The van der Waals surface area contributed by atoms with Gasteiger partial charge in [0.25, 0.3) is 11.5 Å². The zero-order valence-corrected chi connectivity index (χ0v) is 15.5. The Hall–Kier alpha value is -2.95. The summed E-state index contributed by atoms with van der Waals surface area (Å²) in [5.41, 5.74) is 1.18. The van der Waals surface area contributed by atoms with Gasteiger partial charge in [-0.25, -0.2) is 4.68 Å². The molecule has 0 saturated carbocycles. The van der Waals surface area contributed by atoms with E-state index in [2.05, 4.69) is 12.0 Å². The van der Waals surface area contributed by atoms with Crippen LogP contribution in [0.4, 0.5) is 0 Å². The second-order valence-corrected chi connectivity index (χ2v) is 7.19. The molecule has 0 N–H and O–H groups in total. The van der Waals surface area contributed by atoms with Crippen molar-refractivity contribution in [1.29, 1.82) is 0 Å². The number of fused-ring (bicyclic) bond motifs is 1. The third kappa shape index (κ3) is 3.37. The Labute approximate surface area is 158 Å². The Morgan fingerprint density at radius 1 is 1.04 bits per heavy atom. The Kier molecular flexibility index (Phi) is 4.75. The first kappa shape index (κ1) is 17.5. The SMILES string of the molecule is C[C@H]1CCCCN1C(=O)c1nn(Cc2ccccc2)c(=O)c2ccccc12. The molecule has 0 radical (unpaired) electrons. The molecule has 5 nitrogen and oxygen atoms in total. The molecule has 27 heavy (non-hydrogen) atoms. The maximum atomic E-state index is 13.3. The van der Waals surface area contributed by atoms with E-state index < -0.39 is 0 Å². The van der Waals surface area contributed by atoms with Gasteiger partial charge in [0, 0.05) is 18.0 Å². The van der Waals surface area contributed by atoms with Crippen molar-refractivity contribution in [3.63, 3.8) is 0 Å². The van der Waals surface area contributed by atoms with Crippen molar-refractivity contribution >= 4 is 16.7 Å². The molecular formula is C22H23N3O2. The average Bonchev–Trinajstić information content (AvgIpc) is 2.71. The monoisotopic (exact) mass is 361 g/mol. The number of carbonyl (C=O) groups is 1. The molecule has 1 aliphatic rings. The average molecular weight is 361 g/mol. The summed E-state index contributed by atoms with van der Waals surface area (Å²) >= 11 is 0. The Morgan fingerprint density at radius 2 is 1.74 bits per heavy atom. The minimum absolute atomic E-state index is 0.0831. The molecule has 138 valence electrons. The van der Waals surface area contributed by atoms with Gasteiger partial charge in [-0.15, -0.1) is 0 Å². The van der Waals surface area contributed by atoms with Crippen LogP contribution in [0.1, 0.15) is 42.2 Å². The highest BCUT2D eigenvalue weighted by Gasteiger charge is 2.27. The van der Waals surface area contributed by atoms with E-state index >= 15 is 0 Å². The van der Waals surface area contributed by atoms with Crippen LogP contribution in [0.3, 0.4) is 0 Å². The summed E-state index contributed by atoms with van der Waals surface area (Å²) in [7, 11) is 0. The van der Waals surface area contributed by atoms with E-state index in [1.807, 2.05) is 53.4 Å². The van der Waals surface area contributed by atoms with Gasteiger partial charge in [0.2, 0.25) is 0 Å². The van der Waals surface area contributed by atoms with Gasteiger partial charge >= 0.3 is 0 Å². The van der Waals surface area contributed by atoms with Crippen LogP contribution in [0.5, 0.6) is 0 Å². The predicted molar refractivity (Wildman–Crippen MR) is 106 cm³/mol. The van der Waals surface area contributed by atoms with Crippen molar-refractivity contribution in [3.8, 4) is 0 Å². The number of piperidine rings is 1. The largest absolute Gasteiger partial charge is 0.335 e. The molecule has 4 rings (SSSR count). The molecule has 0 aliphatic carbocycles. The molecule has 5 heteroatoms. The molecule has 1 atom stereocenters. The Morgan fingerprint density at radius 3 is 2.48 bits per heavy atom. The number of benzene rings is 2. The van der Waals surface area contributed by atoms with Crippen LogP contribution in [0, 0.1) is 0 Å². The third-order valence-electron chi connectivity index (χ3n) is 5.31. The van der Waals surface area contributed by atoms with Crippen molar-refractivity contribution in [2.45, 2.75) is 38.8 Å². The number of aromatic nitrogens is 2. The summed E-state index contributed by atoms with van der Waals surface area (Å²) in [6.45, 7) is 3.17. The number of hydrogen-bond acceptors (Lipinski definition) is 3. The molecule has 1 amide bonds. The van der Waals surface area contributed by atoms with Gasteiger partial charge in [0.15, 0.2) is 5.69 Å². The molecule has 1 aromatic heterocycles. The van der Waals surface area contributed by atoms with Gasteiger partial charge in [-0.2, -0.15) is 5.10 Å². The maximum Gasteiger partial charge on any atom is 0.275 e. The highest BCUT2D eigenvalue weighted by molar-refractivity contribution is 6.04. The minimum Gasteiger partial charge on any atom is -0.335 e. The quantitative estimate of drug-likeness (QED) is 0.718. The lowest BCUT2D eigenvalue weighted by Crippen LogP contribution is -2.43. The zero-order chi connectivity index (χ0) is 18.8. The fourth-order valence-electron chi connectivity index (χ4n) is 3.79. The smallest absolute Gasteiger partial charge is 0.275 e. The molecule has 1 aliphatic heterocycles. The number of hydrogen-bond donors (Lipinski definition) is 0. The van der Waals surface area contributed by atoms with Crippen LogP contribution in [0.25, 0.3) is 10.8 Å². The molecule has 0 unspecified atom stereocenters. The van der Waals surface area contributed by atoms with Gasteiger partial charge in [0.05, 0.1) is 11.9 Å². The molecule has 1 saturated heterocycles. The van der Waals surface area contributed by atoms with Crippen molar-refractivity contribution in [3.05, 3.63) is 76.2 Å². The highest BCUT2D eigenvalue weighted by Crippen LogP contribution is 2.22. The summed E-state index contributed by atoms with van der Waals surface area (Å²) in [4.78, 5) is 28.1. The fraction of sp³-hybridized carbons (Fsp3) is 0.318. The van der Waals surface area contributed by atoms with Crippen LogP contribution in [-0.2, 0) is 6.54 Å². The first-order valence-electron chi connectivity index (χ1n) is 9.50. The molecular weight excluding hydrogens is 338 g/mol. The lowest BCUT2D eigenvalue weighted by atomic mass is 10.0. The molecule has 1 fully saturated rings. The molecule has 3 aromatic rings. The second kappa shape index (κ2) is 7.35. The first-order chi connectivity index (χ1) is 13.1. The normalized spacial score (nSPS) is 17.2. The van der Waals surface area contributed by atoms with Crippen LogP contribution >= 0.6 is 0 Å². The van der Waals surface area contributed by atoms with E-state index in [0.29, 0.717) is 23.0 Å². The lowest BCUT2D eigenvalue weighted by Gasteiger charge is -2.33. The van der Waals surface area contributed by atoms with Crippen LogP contribution < -0.4 is 5.56 Å². The van der Waals surface area contributed by atoms with Gasteiger partial charge in [-0.3, -0.25) is 9.59 Å². The summed E-state index contributed by atoms with van der Waals surface area (Å²) in [6, 6.07) is 17.2. The van der Waals surface area contributed by atoms with Crippen LogP contribution in [0.2, 0.25) is 0 Å². The summed E-state index contributed by atoms with van der Waals surface area (Å²) in [5.74, 6) is -0.0831. The topological polar surface area (TPSA) is 55.2 Å².